The molecule has 0 aromatic heterocycles. The fraction of sp³-hybridized carbons (Fsp3) is 0.467. The molecule has 2 N–H and O–H groups in total. The molecule has 1 fully saturated rings. The van der Waals surface area contributed by atoms with Crippen LogP contribution >= 0.6 is 0 Å². The number of nitrogens with one attached hydrogen (secondary N) is 1. The number of aliphatic carboxylic acids is 1. The zero-order chi connectivity index (χ0) is 14.8. The first-order valence-electron chi connectivity index (χ1n) is 6.74. The van der Waals surface area contributed by atoms with Crippen LogP contribution in [0.5, 0.6) is 0 Å². The van der Waals surface area contributed by atoms with E-state index in [9.17, 15) is 19.1 Å². The van der Waals surface area contributed by atoms with Crippen LogP contribution in [0.25, 0.3) is 0 Å². The minimum atomic E-state index is -1.21. The summed E-state index contributed by atoms with van der Waals surface area (Å²) in [6.07, 6.45) is 2.60. The molecular weight excluding hydrogens is 261 g/mol. The Labute approximate surface area is 117 Å². The molecule has 0 spiro atoms. The van der Waals surface area contributed by atoms with Crippen molar-refractivity contribution in [2.24, 2.45) is 5.92 Å². The summed E-state index contributed by atoms with van der Waals surface area (Å²) in [5, 5.41) is 12.1. The van der Waals surface area contributed by atoms with E-state index in [1.165, 1.54) is 24.3 Å². The van der Waals surface area contributed by atoms with Crippen LogP contribution in [0.2, 0.25) is 0 Å². The van der Waals surface area contributed by atoms with E-state index in [0.29, 0.717) is 12.8 Å². The Balaban J connectivity index is 2.18. The van der Waals surface area contributed by atoms with Crippen LogP contribution in [0.4, 0.5) is 4.39 Å². The molecule has 4 nitrogen and oxygen atoms in total. The number of rotatable bonds is 3. The van der Waals surface area contributed by atoms with Crippen LogP contribution in [-0.2, 0) is 4.79 Å². The van der Waals surface area contributed by atoms with E-state index in [4.69, 9.17) is 0 Å². The van der Waals surface area contributed by atoms with Crippen molar-refractivity contribution in [2.75, 3.05) is 0 Å². The minimum Gasteiger partial charge on any atom is -0.480 e. The molecule has 108 valence electrons. The normalized spacial score (nSPS) is 26.0. The zero-order valence-electron chi connectivity index (χ0n) is 11.4. The number of hydrogen-bond acceptors (Lipinski definition) is 2. The lowest BCUT2D eigenvalue weighted by Gasteiger charge is -2.37. The third-order valence-corrected chi connectivity index (χ3v) is 3.87. The van der Waals surface area contributed by atoms with Gasteiger partial charge < -0.3 is 10.4 Å². The fourth-order valence-electron chi connectivity index (χ4n) is 2.80. The molecule has 0 bridgehead atoms. The minimum absolute atomic E-state index is 0.258. The van der Waals surface area contributed by atoms with Crippen molar-refractivity contribution in [3.8, 4) is 0 Å². The Hall–Kier alpha value is -1.91. The smallest absolute Gasteiger partial charge is 0.329 e. The quantitative estimate of drug-likeness (QED) is 0.893. The van der Waals surface area contributed by atoms with Crippen LogP contribution in [0, 0.1) is 11.7 Å². The number of amides is 1. The molecule has 5 heteroatoms. The number of benzene rings is 1. The Morgan fingerprint density at radius 1 is 1.35 bits per heavy atom. The Morgan fingerprint density at radius 2 is 2.00 bits per heavy atom. The van der Waals surface area contributed by atoms with Crippen molar-refractivity contribution < 1.29 is 19.1 Å². The SMILES string of the molecule is CC1CCCC(NC(=O)c2ccc(F)cc2)(C(=O)O)C1. The Morgan fingerprint density at radius 3 is 2.55 bits per heavy atom. The molecular formula is C15H18FNO3. The number of halogens is 1. The largest absolute Gasteiger partial charge is 0.480 e. The molecule has 2 unspecified atom stereocenters. The first-order chi connectivity index (χ1) is 9.43. The summed E-state index contributed by atoms with van der Waals surface area (Å²) in [5.41, 5.74) is -0.936. The van der Waals surface area contributed by atoms with Crippen molar-refractivity contribution in [2.45, 2.75) is 38.1 Å². The third-order valence-electron chi connectivity index (χ3n) is 3.87. The lowest BCUT2D eigenvalue weighted by Crippen LogP contribution is -2.56. The van der Waals surface area contributed by atoms with Gasteiger partial charge in [0.15, 0.2) is 0 Å². The molecule has 0 heterocycles. The summed E-state index contributed by atoms with van der Waals surface area (Å²) >= 11 is 0. The predicted octanol–water partition coefficient (Wildman–Crippen LogP) is 2.59. The highest BCUT2D eigenvalue weighted by Gasteiger charge is 2.43. The average Bonchev–Trinajstić information content (AvgIpc) is 2.39. The standard InChI is InChI=1S/C15H18FNO3/c1-10-3-2-8-15(9-10,14(19)20)17-13(18)11-4-6-12(16)7-5-11/h4-7,10H,2-3,8-9H2,1H3,(H,17,18)(H,19,20). The van der Waals surface area contributed by atoms with Gasteiger partial charge in [0.25, 0.3) is 5.91 Å². The summed E-state index contributed by atoms with van der Waals surface area (Å²) < 4.78 is 12.8. The molecule has 20 heavy (non-hydrogen) atoms. The summed E-state index contributed by atoms with van der Waals surface area (Å²) in [4.78, 5) is 23.7. The summed E-state index contributed by atoms with van der Waals surface area (Å²) in [6.45, 7) is 1.99. The van der Waals surface area contributed by atoms with E-state index in [1.54, 1.807) is 0 Å². The maximum absolute atomic E-state index is 12.8. The Bertz CT molecular complexity index is 514. The van der Waals surface area contributed by atoms with Crippen molar-refractivity contribution in [3.05, 3.63) is 35.6 Å². The summed E-state index contributed by atoms with van der Waals surface area (Å²) in [6, 6.07) is 5.08. The van der Waals surface area contributed by atoms with E-state index in [1.807, 2.05) is 6.92 Å². The maximum Gasteiger partial charge on any atom is 0.329 e. The second-order valence-corrected chi connectivity index (χ2v) is 5.55. The lowest BCUT2D eigenvalue weighted by atomic mass is 9.76. The molecule has 2 rings (SSSR count). The predicted molar refractivity (Wildman–Crippen MR) is 71.9 cm³/mol. The van der Waals surface area contributed by atoms with Gasteiger partial charge in [-0.2, -0.15) is 0 Å². The van der Waals surface area contributed by atoms with Gasteiger partial charge in [0, 0.05) is 5.56 Å². The fourth-order valence-corrected chi connectivity index (χ4v) is 2.80. The molecule has 0 radical (unpaired) electrons. The Kier molecular flexibility index (Phi) is 4.06. The summed E-state index contributed by atoms with van der Waals surface area (Å²) in [5.74, 6) is -1.64. The van der Waals surface area contributed by atoms with E-state index in [0.717, 1.165) is 12.8 Å². The van der Waals surface area contributed by atoms with Crippen LogP contribution < -0.4 is 5.32 Å². The molecule has 1 aromatic rings. The number of hydrogen-bond donors (Lipinski definition) is 2. The van der Waals surface area contributed by atoms with Gasteiger partial charge >= 0.3 is 5.97 Å². The second kappa shape index (κ2) is 5.61. The van der Waals surface area contributed by atoms with Crippen LogP contribution in [0.1, 0.15) is 43.0 Å². The van der Waals surface area contributed by atoms with Crippen LogP contribution in [0.3, 0.4) is 0 Å². The van der Waals surface area contributed by atoms with Crippen molar-refractivity contribution in [1.29, 1.82) is 0 Å². The van der Waals surface area contributed by atoms with Crippen molar-refractivity contribution in [1.82, 2.24) is 5.32 Å². The molecule has 0 aliphatic heterocycles. The van der Waals surface area contributed by atoms with E-state index < -0.39 is 23.2 Å². The monoisotopic (exact) mass is 279 g/mol. The molecule has 1 aliphatic carbocycles. The van der Waals surface area contributed by atoms with Gasteiger partial charge in [0.2, 0.25) is 0 Å². The molecule has 1 aliphatic rings. The maximum atomic E-state index is 12.8. The lowest BCUT2D eigenvalue weighted by molar-refractivity contribution is -0.146. The first-order valence-corrected chi connectivity index (χ1v) is 6.74. The van der Waals surface area contributed by atoms with Crippen LogP contribution in [0.15, 0.2) is 24.3 Å². The van der Waals surface area contributed by atoms with Gasteiger partial charge in [-0.15, -0.1) is 0 Å². The van der Waals surface area contributed by atoms with Crippen molar-refractivity contribution in [3.63, 3.8) is 0 Å². The zero-order valence-corrected chi connectivity index (χ0v) is 11.4. The van der Waals surface area contributed by atoms with Crippen molar-refractivity contribution >= 4 is 11.9 Å². The number of carbonyl (C=O) groups excluding carboxylic acids is 1. The van der Waals surface area contributed by atoms with Gasteiger partial charge in [-0.3, -0.25) is 4.79 Å². The molecule has 1 amide bonds. The number of carboxylic acids is 1. The second-order valence-electron chi connectivity index (χ2n) is 5.55. The first kappa shape index (κ1) is 14.5. The average molecular weight is 279 g/mol. The van der Waals surface area contributed by atoms with Gasteiger partial charge in [0.05, 0.1) is 0 Å². The van der Waals surface area contributed by atoms with Gasteiger partial charge in [-0.25, -0.2) is 9.18 Å². The van der Waals surface area contributed by atoms with Gasteiger partial charge in [0.1, 0.15) is 11.4 Å². The van der Waals surface area contributed by atoms with Crippen LogP contribution in [-0.4, -0.2) is 22.5 Å². The molecule has 1 saturated carbocycles. The van der Waals surface area contributed by atoms with Gasteiger partial charge in [-0.05, 0) is 43.0 Å². The third kappa shape index (κ3) is 2.98. The highest BCUT2D eigenvalue weighted by Crippen LogP contribution is 2.32. The molecule has 0 saturated heterocycles. The highest BCUT2D eigenvalue weighted by molar-refractivity contribution is 5.97. The summed E-state index contributed by atoms with van der Waals surface area (Å²) in [7, 11) is 0. The van der Waals surface area contributed by atoms with E-state index in [2.05, 4.69) is 5.32 Å². The number of carbonyl (C=O) groups is 2. The van der Waals surface area contributed by atoms with Gasteiger partial charge in [-0.1, -0.05) is 19.8 Å². The number of carboxylic acid groups (broad SMARTS) is 1. The van der Waals surface area contributed by atoms with E-state index in [-0.39, 0.29) is 11.5 Å². The topological polar surface area (TPSA) is 66.4 Å². The van der Waals surface area contributed by atoms with E-state index >= 15 is 0 Å². The molecule has 1 aromatic carbocycles. The molecule has 2 atom stereocenters. The highest BCUT2D eigenvalue weighted by atomic mass is 19.1.